The van der Waals surface area contributed by atoms with E-state index in [9.17, 15) is 9.59 Å². The summed E-state index contributed by atoms with van der Waals surface area (Å²) in [7, 11) is 0. The van der Waals surface area contributed by atoms with Crippen molar-refractivity contribution in [3.8, 4) is 0 Å². The quantitative estimate of drug-likeness (QED) is 0.925. The summed E-state index contributed by atoms with van der Waals surface area (Å²) in [6.07, 6.45) is -0.0485. The number of benzene rings is 1. The molecule has 1 unspecified atom stereocenters. The first kappa shape index (κ1) is 14.1. The van der Waals surface area contributed by atoms with Gasteiger partial charge in [-0.15, -0.1) is 0 Å². The van der Waals surface area contributed by atoms with Gasteiger partial charge < -0.3 is 10.0 Å². The number of carboxylic acids is 1. The lowest BCUT2D eigenvalue weighted by Gasteiger charge is -2.25. The highest BCUT2D eigenvalue weighted by atomic mass is 79.9. The summed E-state index contributed by atoms with van der Waals surface area (Å²) in [5.41, 5.74) is 1.43. The minimum absolute atomic E-state index is 0.0485. The summed E-state index contributed by atoms with van der Waals surface area (Å²) in [5.74, 6) is -0.656. The molecule has 4 nitrogen and oxygen atoms in total. The summed E-state index contributed by atoms with van der Waals surface area (Å²) in [5, 5.41) is 9.05. The molecule has 0 radical (unpaired) electrons. The van der Waals surface area contributed by atoms with Gasteiger partial charge in [0.2, 0.25) is 0 Å². The fourth-order valence-electron chi connectivity index (χ4n) is 2.46. The van der Waals surface area contributed by atoms with Gasteiger partial charge in [-0.3, -0.25) is 9.59 Å². The Morgan fingerprint density at radius 3 is 2.74 bits per heavy atom. The monoisotopic (exact) mass is 325 g/mol. The van der Waals surface area contributed by atoms with Crippen molar-refractivity contribution in [3.63, 3.8) is 0 Å². The number of carbonyl (C=O) groups excluding carboxylic acids is 1. The van der Waals surface area contributed by atoms with Crippen molar-refractivity contribution in [2.24, 2.45) is 5.92 Å². The van der Waals surface area contributed by atoms with Crippen molar-refractivity contribution in [2.75, 3.05) is 6.54 Å². The Hall–Kier alpha value is -1.36. The van der Waals surface area contributed by atoms with Crippen LogP contribution in [0.4, 0.5) is 0 Å². The van der Waals surface area contributed by atoms with E-state index < -0.39 is 5.97 Å². The van der Waals surface area contributed by atoms with Gasteiger partial charge in [-0.1, -0.05) is 35.8 Å². The Morgan fingerprint density at radius 2 is 2.16 bits per heavy atom. The fraction of sp³-hybridized carbons (Fsp3) is 0.429. The van der Waals surface area contributed by atoms with E-state index in [0.29, 0.717) is 18.0 Å². The molecule has 0 spiro atoms. The molecular formula is C14H16BrNO3. The molecule has 1 atom stereocenters. The molecule has 102 valence electrons. The summed E-state index contributed by atoms with van der Waals surface area (Å²) in [4.78, 5) is 25.1. The Balaban J connectivity index is 2.41. The van der Waals surface area contributed by atoms with Gasteiger partial charge in [0.15, 0.2) is 0 Å². The fourth-order valence-corrected chi connectivity index (χ4v) is 2.82. The van der Waals surface area contributed by atoms with Crippen LogP contribution in [-0.4, -0.2) is 28.4 Å². The number of hydrogen-bond donors (Lipinski definition) is 1. The first-order chi connectivity index (χ1) is 8.90. The molecule has 0 aromatic heterocycles. The van der Waals surface area contributed by atoms with Gasteiger partial charge in [-0.25, -0.2) is 0 Å². The van der Waals surface area contributed by atoms with E-state index in [1.54, 1.807) is 11.0 Å². The number of halogens is 1. The van der Waals surface area contributed by atoms with E-state index in [0.717, 1.165) is 10.0 Å². The van der Waals surface area contributed by atoms with Gasteiger partial charge in [-0.05, 0) is 23.6 Å². The lowest BCUT2D eigenvalue weighted by atomic mass is 10.0. The van der Waals surface area contributed by atoms with Crippen LogP contribution in [0.25, 0.3) is 0 Å². The van der Waals surface area contributed by atoms with Crippen LogP contribution in [0.2, 0.25) is 0 Å². The van der Waals surface area contributed by atoms with Gasteiger partial charge in [0.1, 0.15) is 0 Å². The summed E-state index contributed by atoms with van der Waals surface area (Å²) >= 11 is 3.35. The third kappa shape index (κ3) is 2.81. The van der Waals surface area contributed by atoms with E-state index in [4.69, 9.17) is 5.11 Å². The number of fused-ring (bicyclic) bond motifs is 1. The number of hydrogen-bond acceptors (Lipinski definition) is 2. The third-order valence-electron chi connectivity index (χ3n) is 3.17. The van der Waals surface area contributed by atoms with E-state index >= 15 is 0 Å². The molecule has 0 saturated carbocycles. The molecule has 1 aromatic carbocycles. The number of nitrogens with zero attached hydrogens (tertiary/aromatic N) is 1. The van der Waals surface area contributed by atoms with Crippen LogP contribution in [0.15, 0.2) is 22.7 Å². The van der Waals surface area contributed by atoms with E-state index in [1.807, 2.05) is 26.0 Å². The van der Waals surface area contributed by atoms with Crippen molar-refractivity contribution >= 4 is 27.8 Å². The second kappa shape index (κ2) is 5.33. The summed E-state index contributed by atoms with van der Waals surface area (Å²) in [6, 6.07) is 5.10. The van der Waals surface area contributed by atoms with Crippen molar-refractivity contribution in [2.45, 2.75) is 26.3 Å². The molecule has 0 saturated heterocycles. The van der Waals surface area contributed by atoms with Crippen LogP contribution in [-0.2, 0) is 4.79 Å². The molecule has 0 fully saturated rings. The van der Waals surface area contributed by atoms with Crippen LogP contribution in [0.1, 0.15) is 42.2 Å². The number of rotatable bonds is 4. The van der Waals surface area contributed by atoms with Crippen molar-refractivity contribution < 1.29 is 14.7 Å². The van der Waals surface area contributed by atoms with Crippen LogP contribution in [0, 0.1) is 5.92 Å². The van der Waals surface area contributed by atoms with Gasteiger partial charge in [0.25, 0.3) is 5.91 Å². The van der Waals surface area contributed by atoms with Gasteiger partial charge in [0, 0.05) is 16.6 Å². The first-order valence-corrected chi connectivity index (χ1v) is 7.01. The zero-order valence-electron chi connectivity index (χ0n) is 10.9. The molecule has 1 N–H and O–H groups in total. The molecule has 1 heterocycles. The minimum atomic E-state index is -0.887. The Labute approximate surface area is 120 Å². The maximum Gasteiger partial charge on any atom is 0.305 e. The predicted octanol–water partition coefficient (Wildman–Crippen LogP) is 3.08. The number of aliphatic carboxylic acids is 1. The normalized spacial score (nSPS) is 18.0. The van der Waals surface area contributed by atoms with Crippen molar-refractivity contribution in [1.82, 2.24) is 4.90 Å². The van der Waals surface area contributed by atoms with E-state index in [1.165, 1.54) is 0 Å². The largest absolute Gasteiger partial charge is 0.481 e. The molecule has 0 bridgehead atoms. The predicted molar refractivity (Wildman–Crippen MR) is 75.0 cm³/mol. The molecule has 1 amide bonds. The number of carbonyl (C=O) groups is 2. The van der Waals surface area contributed by atoms with Crippen LogP contribution < -0.4 is 0 Å². The van der Waals surface area contributed by atoms with Gasteiger partial charge >= 0.3 is 5.97 Å². The van der Waals surface area contributed by atoms with Crippen LogP contribution in [0.3, 0.4) is 0 Å². The maximum atomic E-state index is 12.4. The lowest BCUT2D eigenvalue weighted by molar-refractivity contribution is -0.138. The third-order valence-corrected chi connectivity index (χ3v) is 3.66. The Kier molecular flexibility index (Phi) is 3.94. The Bertz CT molecular complexity index is 527. The van der Waals surface area contributed by atoms with Crippen molar-refractivity contribution in [1.29, 1.82) is 0 Å². The number of carboxylic acid groups (broad SMARTS) is 1. The zero-order chi connectivity index (χ0) is 14.2. The average Bonchev–Trinajstić information content (AvgIpc) is 2.53. The SMILES string of the molecule is CC(C)CN1C(=O)c2cc(Br)ccc2C1CC(=O)O. The molecule has 5 heteroatoms. The van der Waals surface area contributed by atoms with Crippen LogP contribution in [0.5, 0.6) is 0 Å². The highest BCUT2D eigenvalue weighted by Gasteiger charge is 2.37. The second-order valence-electron chi connectivity index (χ2n) is 5.20. The topological polar surface area (TPSA) is 57.6 Å². The Morgan fingerprint density at radius 1 is 1.47 bits per heavy atom. The lowest BCUT2D eigenvalue weighted by Crippen LogP contribution is -2.32. The molecule has 2 rings (SSSR count). The maximum absolute atomic E-state index is 12.4. The smallest absolute Gasteiger partial charge is 0.305 e. The second-order valence-corrected chi connectivity index (χ2v) is 6.11. The molecule has 1 aliphatic heterocycles. The van der Waals surface area contributed by atoms with Gasteiger partial charge in [-0.2, -0.15) is 0 Å². The molecular weight excluding hydrogens is 310 g/mol. The summed E-state index contributed by atoms with van der Waals surface area (Å²) < 4.78 is 0.833. The standard InChI is InChI=1S/C14H16BrNO3/c1-8(2)7-16-12(6-13(17)18)10-4-3-9(15)5-11(10)14(16)19/h3-5,8,12H,6-7H2,1-2H3,(H,17,18). The van der Waals surface area contributed by atoms with E-state index in [-0.39, 0.29) is 18.4 Å². The highest BCUT2D eigenvalue weighted by Crippen LogP contribution is 2.37. The number of amides is 1. The van der Waals surface area contributed by atoms with Crippen LogP contribution >= 0.6 is 15.9 Å². The molecule has 1 aliphatic rings. The minimum Gasteiger partial charge on any atom is -0.481 e. The highest BCUT2D eigenvalue weighted by molar-refractivity contribution is 9.10. The summed E-state index contributed by atoms with van der Waals surface area (Å²) in [6.45, 7) is 4.61. The van der Waals surface area contributed by atoms with Crippen molar-refractivity contribution in [3.05, 3.63) is 33.8 Å². The van der Waals surface area contributed by atoms with E-state index in [2.05, 4.69) is 15.9 Å². The first-order valence-electron chi connectivity index (χ1n) is 6.22. The zero-order valence-corrected chi connectivity index (χ0v) is 12.5. The van der Waals surface area contributed by atoms with Gasteiger partial charge in [0.05, 0.1) is 12.5 Å². The average molecular weight is 326 g/mol. The molecule has 0 aliphatic carbocycles. The molecule has 1 aromatic rings. The molecule has 19 heavy (non-hydrogen) atoms.